The molecule has 0 aliphatic carbocycles. The molecule has 0 aliphatic heterocycles. The fourth-order valence-electron chi connectivity index (χ4n) is 1.73. The lowest BCUT2D eigenvalue weighted by Gasteiger charge is -2.13. The van der Waals surface area contributed by atoms with Crippen LogP contribution < -0.4 is 4.74 Å². The van der Waals surface area contributed by atoms with Crippen molar-refractivity contribution in [2.75, 3.05) is 53.4 Å². The maximum atomic E-state index is 12.0. The number of hydrogen-bond donors (Lipinski definition) is 0. The Hall–Kier alpha value is -0.670. The van der Waals surface area contributed by atoms with Crippen LogP contribution >= 0.6 is 31.9 Å². The second-order valence-electron chi connectivity index (χ2n) is 4.55. The molecule has 0 fully saturated rings. The highest BCUT2D eigenvalue weighted by atomic mass is 79.9. The molecule has 136 valence electrons. The molecule has 0 saturated heterocycles. The van der Waals surface area contributed by atoms with E-state index in [1.807, 2.05) is 6.07 Å². The molecule has 0 unspecified atom stereocenters. The fourth-order valence-corrected chi connectivity index (χ4v) is 3.07. The van der Waals surface area contributed by atoms with E-state index in [2.05, 4.69) is 31.9 Å². The van der Waals surface area contributed by atoms with E-state index in [1.165, 1.54) is 0 Å². The first-order valence-electron chi connectivity index (χ1n) is 7.53. The van der Waals surface area contributed by atoms with Crippen molar-refractivity contribution in [1.29, 1.82) is 0 Å². The lowest BCUT2D eigenvalue weighted by molar-refractivity contribution is 0.0177. The average Bonchev–Trinajstić information content (AvgIpc) is 2.54. The van der Waals surface area contributed by atoms with E-state index < -0.39 is 5.97 Å². The first-order valence-corrected chi connectivity index (χ1v) is 9.12. The molecule has 0 radical (unpaired) electrons. The van der Waals surface area contributed by atoms with E-state index in [-0.39, 0.29) is 0 Å². The monoisotopic (exact) mass is 468 g/mol. The molecule has 0 aromatic heterocycles. The van der Waals surface area contributed by atoms with Crippen molar-refractivity contribution in [2.24, 2.45) is 0 Å². The van der Waals surface area contributed by atoms with Gasteiger partial charge in [0.25, 0.3) is 0 Å². The standard InChI is InChI=1S/C16H22Br2O6/c1-3-23-16(19)13-10-12(17)11-14(18)15(13)24-9-8-22-7-6-21-5-4-20-2/h10-11H,3-9H2,1-2H3. The van der Waals surface area contributed by atoms with Gasteiger partial charge in [0.15, 0.2) is 0 Å². The lowest BCUT2D eigenvalue weighted by atomic mass is 10.2. The van der Waals surface area contributed by atoms with Gasteiger partial charge in [-0.15, -0.1) is 0 Å². The van der Waals surface area contributed by atoms with Crippen LogP contribution in [0.15, 0.2) is 21.1 Å². The summed E-state index contributed by atoms with van der Waals surface area (Å²) >= 11 is 6.75. The number of halogens is 2. The molecule has 0 heterocycles. The molecule has 1 rings (SSSR count). The zero-order valence-corrected chi connectivity index (χ0v) is 17.0. The Bertz CT molecular complexity index is 510. The van der Waals surface area contributed by atoms with E-state index in [9.17, 15) is 4.79 Å². The molecular formula is C16H22Br2O6. The van der Waals surface area contributed by atoms with Gasteiger partial charge in [0.2, 0.25) is 0 Å². The third kappa shape index (κ3) is 7.94. The largest absolute Gasteiger partial charge is 0.489 e. The van der Waals surface area contributed by atoms with Gasteiger partial charge >= 0.3 is 5.97 Å². The molecule has 0 aliphatic rings. The van der Waals surface area contributed by atoms with Gasteiger partial charge in [-0.1, -0.05) is 15.9 Å². The molecule has 1 aromatic rings. The number of benzene rings is 1. The van der Waals surface area contributed by atoms with Crippen LogP contribution in [0.1, 0.15) is 17.3 Å². The summed E-state index contributed by atoms with van der Waals surface area (Å²) in [5.41, 5.74) is 0.362. The molecule has 0 atom stereocenters. The van der Waals surface area contributed by atoms with Gasteiger partial charge in [0, 0.05) is 11.6 Å². The predicted molar refractivity (Wildman–Crippen MR) is 96.8 cm³/mol. The number of carbonyl (C=O) groups is 1. The van der Waals surface area contributed by atoms with Gasteiger partial charge in [-0.3, -0.25) is 0 Å². The second kappa shape index (κ2) is 12.7. The summed E-state index contributed by atoms with van der Waals surface area (Å²) in [6.45, 7) is 4.84. The molecule has 0 saturated carbocycles. The number of esters is 1. The highest BCUT2D eigenvalue weighted by Gasteiger charge is 2.18. The molecule has 6 nitrogen and oxygen atoms in total. The van der Waals surface area contributed by atoms with E-state index in [1.54, 1.807) is 20.1 Å². The maximum Gasteiger partial charge on any atom is 0.341 e. The fraction of sp³-hybridized carbons (Fsp3) is 0.562. The van der Waals surface area contributed by atoms with Crippen molar-refractivity contribution >= 4 is 37.8 Å². The van der Waals surface area contributed by atoms with Crippen molar-refractivity contribution < 1.29 is 28.5 Å². The van der Waals surface area contributed by atoms with Gasteiger partial charge < -0.3 is 23.7 Å². The van der Waals surface area contributed by atoms with Crippen LogP contribution in [-0.2, 0) is 18.9 Å². The summed E-state index contributed by atoms with van der Waals surface area (Å²) in [5.74, 6) is 0.0126. The summed E-state index contributed by atoms with van der Waals surface area (Å²) in [6, 6.07) is 3.48. The Kier molecular flexibility index (Phi) is 11.3. The summed E-state index contributed by atoms with van der Waals surface area (Å²) in [7, 11) is 1.63. The van der Waals surface area contributed by atoms with Crippen molar-refractivity contribution in [1.82, 2.24) is 0 Å². The number of hydrogen-bond acceptors (Lipinski definition) is 6. The quantitative estimate of drug-likeness (QED) is 0.345. The molecular weight excluding hydrogens is 448 g/mol. The Morgan fingerprint density at radius 1 is 1.00 bits per heavy atom. The maximum absolute atomic E-state index is 12.0. The topological polar surface area (TPSA) is 63.2 Å². The Balaban J connectivity index is 2.43. The molecule has 0 N–H and O–H groups in total. The molecule has 0 bridgehead atoms. The SMILES string of the molecule is CCOC(=O)c1cc(Br)cc(Br)c1OCCOCCOCCOC. The highest BCUT2D eigenvalue weighted by Crippen LogP contribution is 2.33. The van der Waals surface area contributed by atoms with Crippen LogP contribution in [-0.4, -0.2) is 59.3 Å². The zero-order valence-electron chi connectivity index (χ0n) is 13.8. The molecule has 8 heteroatoms. The van der Waals surface area contributed by atoms with Gasteiger partial charge in [0.1, 0.15) is 17.9 Å². The zero-order chi connectivity index (χ0) is 17.8. The van der Waals surface area contributed by atoms with Gasteiger partial charge in [0.05, 0.1) is 44.1 Å². The minimum Gasteiger partial charge on any atom is -0.489 e. The van der Waals surface area contributed by atoms with Crippen molar-refractivity contribution in [3.63, 3.8) is 0 Å². The highest BCUT2D eigenvalue weighted by molar-refractivity contribution is 9.11. The van der Waals surface area contributed by atoms with E-state index in [0.29, 0.717) is 62.0 Å². The number of ether oxygens (including phenoxy) is 5. The van der Waals surface area contributed by atoms with Crippen LogP contribution in [0.2, 0.25) is 0 Å². The van der Waals surface area contributed by atoms with Gasteiger partial charge in [-0.2, -0.15) is 0 Å². The first kappa shape index (κ1) is 21.4. The Morgan fingerprint density at radius 3 is 2.25 bits per heavy atom. The predicted octanol–water partition coefficient (Wildman–Crippen LogP) is 3.45. The molecule has 0 spiro atoms. The molecule has 24 heavy (non-hydrogen) atoms. The third-order valence-electron chi connectivity index (χ3n) is 2.78. The lowest BCUT2D eigenvalue weighted by Crippen LogP contribution is -2.14. The van der Waals surface area contributed by atoms with E-state index in [4.69, 9.17) is 23.7 Å². The van der Waals surface area contributed by atoms with Crippen molar-refractivity contribution in [2.45, 2.75) is 6.92 Å². The van der Waals surface area contributed by atoms with Crippen LogP contribution in [0.4, 0.5) is 0 Å². The Labute approximate surface area is 159 Å². The number of carbonyl (C=O) groups excluding carboxylic acids is 1. The third-order valence-corrected chi connectivity index (χ3v) is 3.83. The summed E-state index contributed by atoms with van der Waals surface area (Å²) in [5, 5.41) is 0. The normalized spacial score (nSPS) is 10.7. The minimum atomic E-state index is -0.429. The smallest absolute Gasteiger partial charge is 0.341 e. The van der Waals surface area contributed by atoms with Crippen LogP contribution in [0.25, 0.3) is 0 Å². The summed E-state index contributed by atoms with van der Waals surface area (Å²) in [4.78, 5) is 12.0. The van der Waals surface area contributed by atoms with Crippen LogP contribution in [0.5, 0.6) is 5.75 Å². The summed E-state index contributed by atoms with van der Waals surface area (Å²) in [6.07, 6.45) is 0. The Morgan fingerprint density at radius 2 is 1.62 bits per heavy atom. The number of rotatable bonds is 12. The van der Waals surface area contributed by atoms with Crippen LogP contribution in [0.3, 0.4) is 0 Å². The summed E-state index contributed by atoms with van der Waals surface area (Å²) < 4.78 is 27.7. The van der Waals surface area contributed by atoms with Crippen LogP contribution in [0, 0.1) is 0 Å². The van der Waals surface area contributed by atoms with Crippen molar-refractivity contribution in [3.05, 3.63) is 26.6 Å². The second-order valence-corrected chi connectivity index (χ2v) is 6.32. The van der Waals surface area contributed by atoms with Gasteiger partial charge in [-0.25, -0.2) is 4.79 Å². The van der Waals surface area contributed by atoms with E-state index >= 15 is 0 Å². The van der Waals surface area contributed by atoms with Crippen molar-refractivity contribution in [3.8, 4) is 5.75 Å². The van der Waals surface area contributed by atoms with E-state index in [0.717, 1.165) is 4.47 Å². The molecule has 1 aromatic carbocycles. The van der Waals surface area contributed by atoms with Gasteiger partial charge in [-0.05, 0) is 35.0 Å². The first-order chi connectivity index (χ1) is 11.6. The average molecular weight is 470 g/mol. The molecule has 0 amide bonds. The number of methoxy groups -OCH3 is 1. The minimum absolute atomic E-state index is 0.300.